The predicted octanol–water partition coefficient (Wildman–Crippen LogP) is 10.6. The molecule has 1 aliphatic carbocycles. The normalized spacial score (nSPS) is 12.9. The summed E-state index contributed by atoms with van der Waals surface area (Å²) in [5.74, 6) is -7.34. The Bertz CT molecular complexity index is 2830. The van der Waals surface area contributed by atoms with Crippen LogP contribution in [0, 0.1) is 0 Å². The van der Waals surface area contributed by atoms with E-state index in [1.807, 2.05) is 54.6 Å². The minimum Gasteiger partial charge on any atom is -0.504 e. The van der Waals surface area contributed by atoms with Gasteiger partial charge in [0.2, 0.25) is 23.0 Å². The van der Waals surface area contributed by atoms with Crippen molar-refractivity contribution >= 4 is 21.5 Å². The van der Waals surface area contributed by atoms with Gasteiger partial charge in [-0.2, -0.15) is 0 Å². The Morgan fingerprint density at radius 2 is 0.709 bits per heavy atom. The molecule has 8 aromatic carbocycles. The summed E-state index contributed by atoms with van der Waals surface area (Å²) >= 11 is 0. The van der Waals surface area contributed by atoms with Crippen LogP contribution in [-0.4, -0.2) is 40.9 Å². The Morgan fingerprint density at radius 1 is 0.309 bits per heavy atom. The lowest BCUT2D eigenvalue weighted by atomic mass is 9.81. The van der Waals surface area contributed by atoms with Crippen LogP contribution in [0.2, 0.25) is 0 Å². The molecule has 0 aromatic heterocycles. The maximum atomic E-state index is 11.7. The fourth-order valence-corrected chi connectivity index (χ4v) is 8.39. The highest BCUT2D eigenvalue weighted by Crippen LogP contribution is 2.62. The quantitative estimate of drug-likeness (QED) is 0.0505. The fraction of sp³-hybridized carbons (Fsp3) is 0.0638. The van der Waals surface area contributed by atoms with Gasteiger partial charge in [0.05, 0.1) is 0 Å². The molecule has 0 bridgehead atoms. The van der Waals surface area contributed by atoms with Gasteiger partial charge in [0.15, 0.2) is 23.0 Å². The van der Waals surface area contributed by atoms with Crippen molar-refractivity contribution in [3.63, 3.8) is 0 Å². The smallest absolute Gasteiger partial charge is 0.204 e. The number of rotatable bonds is 4. The molecule has 0 radical (unpaired) electrons. The molecule has 270 valence electrons. The average Bonchev–Trinajstić information content (AvgIpc) is 3.45. The van der Waals surface area contributed by atoms with Crippen LogP contribution in [0.15, 0.2) is 121 Å². The van der Waals surface area contributed by atoms with E-state index in [9.17, 15) is 40.9 Å². The molecule has 9 rings (SSSR count). The van der Waals surface area contributed by atoms with Crippen LogP contribution in [0.25, 0.3) is 77.2 Å². The molecule has 0 heterocycles. The van der Waals surface area contributed by atoms with Gasteiger partial charge in [-0.25, -0.2) is 0 Å². The first-order valence-electron chi connectivity index (χ1n) is 17.7. The topological polar surface area (TPSA) is 162 Å². The molecule has 8 nitrogen and oxygen atoms in total. The molecule has 0 atom stereocenters. The largest absolute Gasteiger partial charge is 0.504 e. The van der Waals surface area contributed by atoms with Gasteiger partial charge in [-0.15, -0.1) is 0 Å². The van der Waals surface area contributed by atoms with Gasteiger partial charge >= 0.3 is 0 Å². The highest BCUT2D eigenvalue weighted by atomic mass is 16.4. The van der Waals surface area contributed by atoms with Gasteiger partial charge in [0.25, 0.3) is 0 Å². The van der Waals surface area contributed by atoms with Gasteiger partial charge in [-0.3, -0.25) is 0 Å². The predicted molar refractivity (Wildman–Crippen MR) is 214 cm³/mol. The summed E-state index contributed by atoms with van der Waals surface area (Å²) in [4.78, 5) is 0. The van der Waals surface area contributed by atoms with Crippen LogP contribution in [0.3, 0.4) is 0 Å². The molecule has 0 unspecified atom stereocenters. The monoisotopic (exact) mass is 726 g/mol. The SMILES string of the molecule is CC1(C)c2ccccc2-c2ccc(-c3cccc(-c4c5c(O)c(O)c(O)c(O)c5c(-c5ccc(-c6ccccc6)cc5)c5c(O)c(O)c(O)c(O)c45)c3)cc21. The van der Waals surface area contributed by atoms with Gasteiger partial charge in [0.1, 0.15) is 0 Å². The molecule has 0 saturated carbocycles. The zero-order chi connectivity index (χ0) is 38.5. The van der Waals surface area contributed by atoms with E-state index in [4.69, 9.17) is 0 Å². The van der Waals surface area contributed by atoms with Crippen molar-refractivity contribution in [2.75, 3.05) is 0 Å². The summed E-state index contributed by atoms with van der Waals surface area (Å²) in [7, 11) is 0. The minimum atomic E-state index is -1.01. The molecule has 0 fully saturated rings. The summed E-state index contributed by atoms with van der Waals surface area (Å²) in [6, 6.07) is 38.2. The number of phenols is 8. The summed E-state index contributed by atoms with van der Waals surface area (Å²) in [6.45, 7) is 4.36. The number of hydrogen-bond acceptors (Lipinski definition) is 8. The minimum absolute atomic E-state index is 0.00315. The summed E-state index contributed by atoms with van der Waals surface area (Å²) in [5.41, 5.74) is 8.45. The van der Waals surface area contributed by atoms with E-state index in [-0.39, 0.29) is 38.1 Å². The number of phenolic OH excluding ortho intramolecular Hbond substituents is 8. The number of aromatic hydroxyl groups is 8. The highest BCUT2D eigenvalue weighted by Gasteiger charge is 2.36. The van der Waals surface area contributed by atoms with Crippen LogP contribution in [0.5, 0.6) is 46.0 Å². The van der Waals surface area contributed by atoms with E-state index in [1.165, 1.54) is 11.1 Å². The summed E-state index contributed by atoms with van der Waals surface area (Å²) in [5, 5.41) is 89.6. The molecule has 8 N–H and O–H groups in total. The van der Waals surface area contributed by atoms with Gasteiger partial charge < -0.3 is 40.9 Å². The molecule has 8 aromatic rings. The number of hydrogen-bond donors (Lipinski definition) is 8. The Morgan fingerprint density at radius 3 is 1.29 bits per heavy atom. The first kappa shape index (κ1) is 33.5. The van der Waals surface area contributed by atoms with Gasteiger partial charge in [0, 0.05) is 38.1 Å². The van der Waals surface area contributed by atoms with E-state index in [0.29, 0.717) is 11.1 Å². The van der Waals surface area contributed by atoms with E-state index >= 15 is 0 Å². The lowest BCUT2D eigenvalue weighted by Crippen LogP contribution is -2.14. The zero-order valence-corrected chi connectivity index (χ0v) is 29.6. The van der Waals surface area contributed by atoms with Crippen LogP contribution < -0.4 is 0 Å². The van der Waals surface area contributed by atoms with Crippen molar-refractivity contribution in [2.45, 2.75) is 19.3 Å². The fourth-order valence-electron chi connectivity index (χ4n) is 8.39. The van der Waals surface area contributed by atoms with Gasteiger partial charge in [-0.05, 0) is 67.8 Å². The third kappa shape index (κ3) is 4.71. The van der Waals surface area contributed by atoms with Crippen molar-refractivity contribution in [2.24, 2.45) is 0 Å². The van der Waals surface area contributed by atoms with E-state index in [1.54, 1.807) is 42.5 Å². The first-order valence-corrected chi connectivity index (χ1v) is 17.7. The Kier molecular flexibility index (Phi) is 7.22. The Labute approximate surface area is 315 Å². The lowest BCUT2D eigenvalue weighted by Gasteiger charge is -2.23. The molecule has 0 spiro atoms. The Hall–Kier alpha value is -7.32. The molecule has 1 aliphatic rings. The zero-order valence-electron chi connectivity index (χ0n) is 29.6. The first-order chi connectivity index (χ1) is 26.4. The molecular formula is C47H34O8. The number of fused-ring (bicyclic) bond motifs is 5. The second-order valence-corrected chi connectivity index (χ2v) is 14.5. The van der Waals surface area contributed by atoms with E-state index in [2.05, 4.69) is 38.1 Å². The summed E-state index contributed by atoms with van der Waals surface area (Å²) < 4.78 is 0. The van der Waals surface area contributed by atoms with Crippen molar-refractivity contribution in [1.82, 2.24) is 0 Å². The molecule has 8 heteroatoms. The van der Waals surface area contributed by atoms with Crippen molar-refractivity contribution in [3.05, 3.63) is 132 Å². The van der Waals surface area contributed by atoms with E-state index in [0.717, 1.165) is 33.4 Å². The molecular weight excluding hydrogens is 693 g/mol. The molecule has 0 amide bonds. The van der Waals surface area contributed by atoms with Crippen LogP contribution in [-0.2, 0) is 5.41 Å². The van der Waals surface area contributed by atoms with Crippen molar-refractivity contribution in [3.8, 4) is 102 Å². The number of benzene rings is 8. The highest BCUT2D eigenvalue weighted by molar-refractivity contribution is 6.29. The lowest BCUT2D eigenvalue weighted by molar-refractivity contribution is 0.350. The third-order valence-electron chi connectivity index (χ3n) is 11.1. The second-order valence-electron chi connectivity index (χ2n) is 14.5. The molecule has 0 aliphatic heterocycles. The summed E-state index contributed by atoms with van der Waals surface area (Å²) in [6.07, 6.45) is 0. The van der Waals surface area contributed by atoms with Crippen molar-refractivity contribution in [1.29, 1.82) is 0 Å². The average molecular weight is 727 g/mol. The maximum absolute atomic E-state index is 11.7. The molecule has 55 heavy (non-hydrogen) atoms. The van der Waals surface area contributed by atoms with Crippen LogP contribution in [0.4, 0.5) is 0 Å². The van der Waals surface area contributed by atoms with E-state index < -0.39 is 46.0 Å². The maximum Gasteiger partial charge on any atom is 0.204 e. The third-order valence-corrected chi connectivity index (χ3v) is 11.1. The van der Waals surface area contributed by atoms with Gasteiger partial charge in [-0.1, -0.05) is 123 Å². The second kappa shape index (κ2) is 11.8. The Balaban J connectivity index is 1.35. The van der Waals surface area contributed by atoms with Crippen LogP contribution in [0.1, 0.15) is 25.0 Å². The molecule has 0 saturated heterocycles. The van der Waals surface area contributed by atoms with Crippen molar-refractivity contribution < 1.29 is 40.9 Å². The van der Waals surface area contributed by atoms with Crippen LogP contribution >= 0.6 is 0 Å². The standard InChI is InChI=1S/C47H34O8/c1-47(2)31-14-7-6-13-29(31)30-20-19-27(22-32(30)47)26-11-8-12-28(21-26)34-37-35(39(48)43(52)45(54)41(37)50)33(36-38(34)42(51)46(55)44(53)40(36)49)25-17-15-24(16-18-25)23-9-4-3-5-10-23/h3-22,48-55H,1-2H3.